The molecule has 2 atom stereocenters. The molecule has 0 unspecified atom stereocenters. The standard InChI is InChI=1S/C24H20N2O5/c1-24(2)10-16-20(18(28)11-24)19(15-9-12(26(30)31)7-8-17(15)27)21-22(25-16)13-5-3-4-6-14(13)23(21)29/h3-9,19,21,27H,10-11H2,1-2H3/t19-,21-/m1/s1. The highest BCUT2D eigenvalue weighted by Gasteiger charge is 2.51. The first kappa shape index (κ1) is 19.4. The zero-order chi connectivity index (χ0) is 22.1. The molecule has 1 aliphatic heterocycles. The Hall–Kier alpha value is -3.61. The molecule has 2 aromatic rings. The van der Waals surface area contributed by atoms with Crippen LogP contribution in [0, 0.1) is 21.4 Å². The van der Waals surface area contributed by atoms with Crippen molar-refractivity contribution in [1.29, 1.82) is 0 Å². The number of benzene rings is 2. The van der Waals surface area contributed by atoms with Crippen LogP contribution in [0.15, 0.2) is 58.7 Å². The van der Waals surface area contributed by atoms with Crippen molar-refractivity contribution in [2.45, 2.75) is 32.6 Å². The minimum atomic E-state index is -0.814. The van der Waals surface area contributed by atoms with E-state index in [2.05, 4.69) is 0 Å². The number of nitro groups is 1. The summed E-state index contributed by atoms with van der Waals surface area (Å²) >= 11 is 0. The SMILES string of the molecule is CC1(C)CC(=O)C2=C(C1)N=C1c3ccccc3C(=O)[C@@H]1[C@@H]2c1cc([N+](=O)[O-])ccc1O. The normalized spacial score (nSPS) is 23.7. The zero-order valence-corrected chi connectivity index (χ0v) is 17.1. The summed E-state index contributed by atoms with van der Waals surface area (Å²) in [5, 5.41) is 22.1. The third kappa shape index (κ3) is 2.84. The number of nitro benzene ring substituents is 1. The number of aliphatic imine (C=N–C) groups is 1. The van der Waals surface area contributed by atoms with Crippen LogP contribution >= 0.6 is 0 Å². The number of hydrogen-bond acceptors (Lipinski definition) is 6. The van der Waals surface area contributed by atoms with Gasteiger partial charge in [0.2, 0.25) is 0 Å². The highest BCUT2D eigenvalue weighted by Crippen LogP contribution is 2.52. The van der Waals surface area contributed by atoms with Gasteiger partial charge in [-0.25, -0.2) is 0 Å². The monoisotopic (exact) mass is 416 g/mol. The molecule has 156 valence electrons. The van der Waals surface area contributed by atoms with Gasteiger partial charge in [-0.15, -0.1) is 0 Å². The maximum Gasteiger partial charge on any atom is 0.269 e. The number of phenolic OH excluding ortho intramolecular Hbond substituents is 1. The summed E-state index contributed by atoms with van der Waals surface area (Å²) in [6.07, 6.45) is 0.837. The molecular weight excluding hydrogens is 396 g/mol. The van der Waals surface area contributed by atoms with Crippen LogP contribution in [0.25, 0.3) is 0 Å². The number of carbonyl (C=O) groups is 2. The molecule has 0 radical (unpaired) electrons. The minimum absolute atomic E-state index is 0.131. The minimum Gasteiger partial charge on any atom is -0.508 e. The highest BCUT2D eigenvalue weighted by molar-refractivity contribution is 6.30. The Morgan fingerprint density at radius 2 is 1.77 bits per heavy atom. The summed E-state index contributed by atoms with van der Waals surface area (Å²) in [4.78, 5) is 42.4. The van der Waals surface area contributed by atoms with Crippen LogP contribution in [0.5, 0.6) is 5.75 Å². The molecule has 2 aliphatic carbocycles. The second-order valence-corrected chi connectivity index (χ2v) is 9.16. The van der Waals surface area contributed by atoms with Crippen molar-refractivity contribution in [3.8, 4) is 5.75 Å². The summed E-state index contributed by atoms with van der Waals surface area (Å²) in [7, 11) is 0. The van der Waals surface area contributed by atoms with E-state index in [1.54, 1.807) is 12.1 Å². The molecule has 7 heteroatoms. The number of phenols is 1. The predicted molar refractivity (Wildman–Crippen MR) is 113 cm³/mol. The Morgan fingerprint density at radius 1 is 1.06 bits per heavy atom. The van der Waals surface area contributed by atoms with Crippen LogP contribution in [-0.2, 0) is 4.79 Å². The van der Waals surface area contributed by atoms with Gasteiger partial charge in [0, 0.05) is 52.4 Å². The first-order chi connectivity index (χ1) is 14.7. The van der Waals surface area contributed by atoms with Gasteiger partial charge in [0.15, 0.2) is 11.6 Å². The number of aromatic hydroxyl groups is 1. The van der Waals surface area contributed by atoms with Gasteiger partial charge in [0.05, 0.1) is 16.6 Å². The van der Waals surface area contributed by atoms with Crippen molar-refractivity contribution < 1.29 is 19.6 Å². The first-order valence-corrected chi connectivity index (χ1v) is 10.1. The lowest BCUT2D eigenvalue weighted by Crippen LogP contribution is -2.37. The second kappa shape index (κ2) is 6.44. The third-order valence-corrected chi connectivity index (χ3v) is 6.40. The van der Waals surface area contributed by atoms with Crippen LogP contribution in [0.4, 0.5) is 5.69 Å². The number of non-ortho nitro benzene ring substituents is 1. The van der Waals surface area contributed by atoms with E-state index in [-0.39, 0.29) is 40.4 Å². The van der Waals surface area contributed by atoms with E-state index in [1.165, 1.54) is 18.2 Å². The molecule has 5 rings (SSSR count). The van der Waals surface area contributed by atoms with Crippen LogP contribution in [0.2, 0.25) is 0 Å². The fourth-order valence-electron chi connectivity index (χ4n) is 5.13. The van der Waals surface area contributed by atoms with Crippen molar-refractivity contribution in [3.05, 3.63) is 80.5 Å². The molecule has 0 bridgehead atoms. The van der Waals surface area contributed by atoms with Crippen molar-refractivity contribution >= 4 is 23.0 Å². The number of ketones is 2. The van der Waals surface area contributed by atoms with E-state index in [0.717, 1.165) is 5.56 Å². The largest absolute Gasteiger partial charge is 0.508 e. The van der Waals surface area contributed by atoms with Crippen molar-refractivity contribution in [1.82, 2.24) is 0 Å². The van der Waals surface area contributed by atoms with Crippen LogP contribution < -0.4 is 0 Å². The fourth-order valence-corrected chi connectivity index (χ4v) is 5.13. The molecule has 2 aromatic carbocycles. The maximum atomic E-state index is 13.4. The summed E-state index contributed by atoms with van der Waals surface area (Å²) in [6, 6.07) is 10.9. The van der Waals surface area contributed by atoms with Crippen LogP contribution in [0.3, 0.4) is 0 Å². The smallest absolute Gasteiger partial charge is 0.269 e. The van der Waals surface area contributed by atoms with Gasteiger partial charge in [-0.3, -0.25) is 24.7 Å². The topological polar surface area (TPSA) is 110 Å². The van der Waals surface area contributed by atoms with Crippen molar-refractivity contribution in [2.24, 2.45) is 16.3 Å². The summed E-state index contributed by atoms with van der Waals surface area (Å²) in [5.74, 6) is -2.10. The lowest BCUT2D eigenvalue weighted by atomic mass is 9.66. The molecule has 1 N–H and O–H groups in total. The van der Waals surface area contributed by atoms with E-state index in [4.69, 9.17) is 4.99 Å². The molecular formula is C24H20N2O5. The van der Waals surface area contributed by atoms with E-state index >= 15 is 0 Å². The number of hydrogen-bond donors (Lipinski definition) is 1. The van der Waals surface area contributed by atoms with E-state index in [1.807, 2.05) is 26.0 Å². The summed E-state index contributed by atoms with van der Waals surface area (Å²) in [5.41, 5.74) is 2.53. The Labute approximate surface area is 178 Å². The number of carbonyl (C=O) groups excluding carboxylic acids is 2. The first-order valence-electron chi connectivity index (χ1n) is 10.1. The predicted octanol–water partition coefficient (Wildman–Crippen LogP) is 4.34. The lowest BCUT2D eigenvalue weighted by molar-refractivity contribution is -0.385. The maximum absolute atomic E-state index is 13.4. The molecule has 1 heterocycles. The molecule has 0 amide bonds. The quantitative estimate of drug-likeness (QED) is 0.578. The molecule has 0 saturated carbocycles. The Morgan fingerprint density at radius 3 is 2.48 bits per heavy atom. The second-order valence-electron chi connectivity index (χ2n) is 9.16. The van der Waals surface area contributed by atoms with E-state index < -0.39 is 16.8 Å². The average Bonchev–Trinajstić information content (AvgIpc) is 2.98. The molecule has 0 fully saturated rings. The Balaban J connectivity index is 1.80. The summed E-state index contributed by atoms with van der Waals surface area (Å²) < 4.78 is 0. The zero-order valence-electron chi connectivity index (χ0n) is 17.1. The number of fused-ring (bicyclic) bond motifs is 3. The molecule has 3 aliphatic rings. The molecule has 0 spiro atoms. The van der Waals surface area contributed by atoms with Crippen molar-refractivity contribution in [3.63, 3.8) is 0 Å². The van der Waals surface area contributed by atoms with Gasteiger partial charge in [0.25, 0.3) is 5.69 Å². The van der Waals surface area contributed by atoms with Gasteiger partial charge < -0.3 is 5.11 Å². The van der Waals surface area contributed by atoms with E-state index in [0.29, 0.717) is 29.0 Å². The molecule has 0 saturated heterocycles. The van der Waals surface area contributed by atoms with Gasteiger partial charge >= 0.3 is 0 Å². The summed E-state index contributed by atoms with van der Waals surface area (Å²) in [6.45, 7) is 3.99. The van der Waals surface area contributed by atoms with E-state index in [9.17, 15) is 24.8 Å². The van der Waals surface area contributed by atoms with Gasteiger partial charge in [-0.05, 0) is 17.9 Å². The number of nitrogens with zero attached hydrogens (tertiary/aromatic N) is 2. The lowest BCUT2D eigenvalue weighted by Gasteiger charge is -2.38. The van der Waals surface area contributed by atoms with Crippen molar-refractivity contribution in [2.75, 3.05) is 0 Å². The number of Topliss-reactive ketones (excluding diaryl/α,β-unsaturated/α-hetero) is 2. The van der Waals surface area contributed by atoms with Crippen LogP contribution in [0.1, 0.15) is 54.1 Å². The molecule has 0 aromatic heterocycles. The highest BCUT2D eigenvalue weighted by atomic mass is 16.6. The van der Waals surface area contributed by atoms with Crippen LogP contribution in [-0.4, -0.2) is 27.3 Å². The third-order valence-electron chi connectivity index (χ3n) is 6.40. The average molecular weight is 416 g/mol. The van der Waals surface area contributed by atoms with Gasteiger partial charge in [-0.1, -0.05) is 38.1 Å². The molecule has 7 nitrogen and oxygen atoms in total. The Kier molecular flexibility index (Phi) is 4.02. The molecule has 31 heavy (non-hydrogen) atoms. The number of rotatable bonds is 2. The van der Waals surface area contributed by atoms with Gasteiger partial charge in [-0.2, -0.15) is 0 Å². The van der Waals surface area contributed by atoms with Gasteiger partial charge in [0.1, 0.15) is 5.75 Å². The Bertz CT molecular complexity index is 1250. The fraction of sp³-hybridized carbons (Fsp3) is 0.292. The number of allylic oxidation sites excluding steroid dienone is 2.